The molecular formula is C10H22ClN3O3S. The van der Waals surface area contributed by atoms with Crippen LogP contribution in [0.3, 0.4) is 0 Å². The summed E-state index contributed by atoms with van der Waals surface area (Å²) < 4.78 is 26.1. The average molecular weight is 300 g/mol. The number of nitrogens with one attached hydrogen (secondary N) is 1. The first-order chi connectivity index (χ1) is 7.68. The zero-order valence-electron chi connectivity index (χ0n) is 11.0. The van der Waals surface area contributed by atoms with Crippen molar-refractivity contribution in [3.63, 3.8) is 0 Å². The number of carbonyl (C=O) groups is 1. The summed E-state index contributed by atoms with van der Waals surface area (Å²) >= 11 is 0. The Morgan fingerprint density at radius 1 is 1.44 bits per heavy atom. The molecule has 0 aliphatic heterocycles. The van der Waals surface area contributed by atoms with Gasteiger partial charge in [-0.15, -0.1) is 12.4 Å². The highest BCUT2D eigenvalue weighted by molar-refractivity contribution is 7.90. The first kappa shape index (κ1) is 17.6. The molecule has 1 fully saturated rings. The van der Waals surface area contributed by atoms with E-state index >= 15 is 0 Å². The lowest BCUT2D eigenvalue weighted by molar-refractivity contribution is -0.127. The molecule has 0 saturated heterocycles. The van der Waals surface area contributed by atoms with E-state index in [1.807, 2.05) is 0 Å². The topological polar surface area (TPSA) is 92.5 Å². The lowest BCUT2D eigenvalue weighted by atomic mass is 9.78. The van der Waals surface area contributed by atoms with Crippen LogP contribution in [0.4, 0.5) is 0 Å². The fraction of sp³-hybridized carbons (Fsp3) is 0.900. The number of sulfonamides is 1. The van der Waals surface area contributed by atoms with E-state index in [0.717, 1.165) is 19.3 Å². The highest BCUT2D eigenvalue weighted by Crippen LogP contribution is 2.28. The minimum atomic E-state index is -3.64. The summed E-state index contributed by atoms with van der Waals surface area (Å²) in [6.07, 6.45) is 2.68. The minimum absolute atomic E-state index is 0. The molecule has 0 aromatic carbocycles. The molecule has 1 rings (SSSR count). The van der Waals surface area contributed by atoms with Crippen molar-refractivity contribution in [3.05, 3.63) is 0 Å². The molecule has 0 aromatic rings. The highest BCUT2D eigenvalue weighted by atomic mass is 35.5. The number of halogens is 1. The fourth-order valence-corrected chi connectivity index (χ4v) is 2.89. The Balaban J connectivity index is 0.00000289. The van der Waals surface area contributed by atoms with E-state index in [1.165, 1.54) is 25.9 Å². The third-order valence-electron chi connectivity index (χ3n) is 3.23. The maximum Gasteiger partial charge on any atom is 0.241 e. The predicted octanol–water partition coefficient (Wildman–Crippen LogP) is -0.314. The Morgan fingerprint density at radius 2 is 1.94 bits per heavy atom. The van der Waals surface area contributed by atoms with Crippen LogP contribution in [0.1, 0.15) is 26.2 Å². The summed E-state index contributed by atoms with van der Waals surface area (Å²) in [5.41, 5.74) is 5.50. The number of rotatable bonds is 5. The van der Waals surface area contributed by atoms with Crippen molar-refractivity contribution in [1.29, 1.82) is 0 Å². The minimum Gasteiger partial charge on any atom is -0.348 e. The standard InChI is InChI=1S/C10H21N3O3S.ClH/c1-8(9(14)13(2)3)17(15,16)12-7-10(11)5-4-6-10;/h8,12H,4-7,11H2,1-3H3;1H. The van der Waals surface area contributed by atoms with Crippen molar-refractivity contribution >= 4 is 28.3 Å². The SMILES string of the molecule is CC(C(=O)N(C)C)S(=O)(=O)NCC1(N)CCC1.Cl. The van der Waals surface area contributed by atoms with E-state index in [0.29, 0.717) is 0 Å². The van der Waals surface area contributed by atoms with Gasteiger partial charge in [-0.25, -0.2) is 13.1 Å². The lowest BCUT2D eigenvalue weighted by Gasteiger charge is -2.38. The summed E-state index contributed by atoms with van der Waals surface area (Å²) in [6.45, 7) is 1.59. The number of hydrogen-bond donors (Lipinski definition) is 2. The molecule has 18 heavy (non-hydrogen) atoms. The highest BCUT2D eigenvalue weighted by Gasteiger charge is 2.36. The second-order valence-electron chi connectivity index (χ2n) is 4.96. The zero-order chi connectivity index (χ0) is 13.3. The van der Waals surface area contributed by atoms with Crippen molar-refractivity contribution < 1.29 is 13.2 Å². The van der Waals surface area contributed by atoms with Crippen LogP contribution in [0.5, 0.6) is 0 Å². The molecule has 108 valence electrons. The van der Waals surface area contributed by atoms with Crippen LogP contribution in [0.2, 0.25) is 0 Å². The van der Waals surface area contributed by atoms with Crippen LogP contribution in [-0.4, -0.2) is 50.7 Å². The second-order valence-corrected chi connectivity index (χ2v) is 7.04. The van der Waals surface area contributed by atoms with E-state index in [1.54, 1.807) is 0 Å². The van der Waals surface area contributed by atoms with Gasteiger partial charge in [0.1, 0.15) is 0 Å². The van der Waals surface area contributed by atoms with E-state index in [9.17, 15) is 13.2 Å². The van der Waals surface area contributed by atoms with Gasteiger partial charge >= 0.3 is 0 Å². The van der Waals surface area contributed by atoms with Gasteiger partial charge in [0.25, 0.3) is 0 Å². The van der Waals surface area contributed by atoms with E-state index in [2.05, 4.69) is 4.72 Å². The molecule has 1 unspecified atom stereocenters. The van der Waals surface area contributed by atoms with Crippen molar-refractivity contribution in [2.75, 3.05) is 20.6 Å². The van der Waals surface area contributed by atoms with Crippen LogP contribution < -0.4 is 10.5 Å². The van der Waals surface area contributed by atoms with Gasteiger partial charge in [-0.05, 0) is 26.2 Å². The first-order valence-corrected chi connectivity index (χ1v) is 7.21. The lowest BCUT2D eigenvalue weighted by Crippen LogP contribution is -2.56. The number of carbonyl (C=O) groups excluding carboxylic acids is 1. The second kappa shape index (κ2) is 6.18. The molecular weight excluding hydrogens is 278 g/mol. The molecule has 0 spiro atoms. The Labute approximate surface area is 115 Å². The first-order valence-electron chi connectivity index (χ1n) is 5.66. The van der Waals surface area contributed by atoms with Crippen LogP contribution in [0.25, 0.3) is 0 Å². The molecule has 1 aliphatic carbocycles. The fourth-order valence-electron chi connectivity index (χ4n) is 1.67. The van der Waals surface area contributed by atoms with Gasteiger partial charge in [-0.2, -0.15) is 0 Å². The van der Waals surface area contributed by atoms with Crippen LogP contribution in [-0.2, 0) is 14.8 Å². The quantitative estimate of drug-likeness (QED) is 0.728. The maximum absolute atomic E-state index is 11.8. The largest absolute Gasteiger partial charge is 0.348 e. The molecule has 6 nitrogen and oxygen atoms in total. The molecule has 0 bridgehead atoms. The molecule has 1 aliphatic rings. The van der Waals surface area contributed by atoms with Crippen molar-refractivity contribution in [2.45, 2.75) is 37.0 Å². The van der Waals surface area contributed by atoms with E-state index in [-0.39, 0.29) is 19.0 Å². The van der Waals surface area contributed by atoms with Crippen molar-refractivity contribution in [2.24, 2.45) is 5.73 Å². The smallest absolute Gasteiger partial charge is 0.241 e. The molecule has 1 saturated carbocycles. The molecule has 1 atom stereocenters. The van der Waals surface area contributed by atoms with Crippen molar-refractivity contribution in [3.8, 4) is 0 Å². The monoisotopic (exact) mass is 299 g/mol. The van der Waals surface area contributed by atoms with Crippen molar-refractivity contribution in [1.82, 2.24) is 9.62 Å². The molecule has 0 heterocycles. The number of nitrogens with two attached hydrogens (primary N) is 1. The molecule has 0 aromatic heterocycles. The molecule has 3 N–H and O–H groups in total. The number of nitrogens with zero attached hydrogens (tertiary/aromatic N) is 1. The third-order valence-corrected chi connectivity index (χ3v) is 4.91. The predicted molar refractivity (Wildman–Crippen MR) is 73.1 cm³/mol. The summed E-state index contributed by atoms with van der Waals surface area (Å²) in [4.78, 5) is 12.8. The normalized spacial score (nSPS) is 19.3. The van der Waals surface area contributed by atoms with Crippen LogP contribution >= 0.6 is 12.4 Å². The van der Waals surface area contributed by atoms with Gasteiger partial charge < -0.3 is 10.6 Å². The van der Waals surface area contributed by atoms with Gasteiger partial charge in [0, 0.05) is 26.2 Å². The van der Waals surface area contributed by atoms with E-state index in [4.69, 9.17) is 5.73 Å². The van der Waals surface area contributed by atoms with Gasteiger partial charge in [0.05, 0.1) is 0 Å². The van der Waals surface area contributed by atoms with E-state index < -0.39 is 26.7 Å². The third kappa shape index (κ3) is 4.08. The number of hydrogen-bond acceptors (Lipinski definition) is 4. The molecule has 8 heteroatoms. The van der Waals surface area contributed by atoms with Crippen LogP contribution in [0, 0.1) is 0 Å². The summed E-state index contributed by atoms with van der Waals surface area (Å²) in [5, 5.41) is -1.08. The maximum atomic E-state index is 11.8. The van der Waals surface area contributed by atoms with Gasteiger partial charge in [0.15, 0.2) is 5.25 Å². The Hall–Kier alpha value is -0.370. The zero-order valence-corrected chi connectivity index (χ0v) is 12.6. The molecule has 0 radical (unpaired) electrons. The van der Waals surface area contributed by atoms with Gasteiger partial charge in [-0.1, -0.05) is 0 Å². The average Bonchev–Trinajstić information content (AvgIpc) is 2.21. The number of amides is 1. The van der Waals surface area contributed by atoms with Crippen LogP contribution in [0.15, 0.2) is 0 Å². The summed E-state index contributed by atoms with van der Waals surface area (Å²) in [6, 6.07) is 0. The summed E-state index contributed by atoms with van der Waals surface area (Å²) in [5.74, 6) is -0.433. The Kier molecular flexibility index (Phi) is 6.06. The summed E-state index contributed by atoms with van der Waals surface area (Å²) in [7, 11) is -0.570. The Bertz CT molecular complexity index is 393. The van der Waals surface area contributed by atoms with Gasteiger partial charge in [-0.3, -0.25) is 4.79 Å². The van der Waals surface area contributed by atoms with Gasteiger partial charge in [0.2, 0.25) is 15.9 Å². The Morgan fingerprint density at radius 3 is 2.28 bits per heavy atom. The molecule has 1 amide bonds.